The van der Waals surface area contributed by atoms with Crippen molar-refractivity contribution in [2.75, 3.05) is 13.2 Å². The van der Waals surface area contributed by atoms with Crippen LogP contribution in [0.5, 0.6) is 11.6 Å². The Morgan fingerprint density at radius 1 is 1.09 bits per heavy atom. The lowest BCUT2D eigenvalue weighted by atomic mass is 10.2. The lowest BCUT2D eigenvalue weighted by Gasteiger charge is -2.08. The van der Waals surface area contributed by atoms with Gasteiger partial charge in [-0.05, 0) is 37.1 Å². The van der Waals surface area contributed by atoms with Crippen molar-refractivity contribution in [3.8, 4) is 11.6 Å². The molecule has 23 heavy (non-hydrogen) atoms. The number of carbonyl (C=O) groups excluding carboxylic acids is 1. The molecule has 0 aliphatic carbocycles. The van der Waals surface area contributed by atoms with Crippen molar-refractivity contribution in [1.29, 1.82) is 0 Å². The minimum atomic E-state index is -0.112. The number of nitrogens with zero attached hydrogens (tertiary/aromatic N) is 1. The quantitative estimate of drug-likeness (QED) is 0.697. The summed E-state index contributed by atoms with van der Waals surface area (Å²) < 4.78 is 5.62. The van der Waals surface area contributed by atoms with Gasteiger partial charge in [-0.15, -0.1) is 0 Å². The van der Waals surface area contributed by atoms with Gasteiger partial charge in [0.1, 0.15) is 5.75 Å². The van der Waals surface area contributed by atoms with Gasteiger partial charge < -0.3 is 15.2 Å². The average Bonchev–Trinajstić information content (AvgIpc) is 2.59. The number of nitrogens with one attached hydrogen (secondary N) is 1. The van der Waals surface area contributed by atoms with Crippen LogP contribution < -0.4 is 10.1 Å². The highest BCUT2D eigenvalue weighted by Gasteiger charge is 2.07. The van der Waals surface area contributed by atoms with Gasteiger partial charge in [-0.2, -0.15) is 0 Å². The normalized spacial score (nSPS) is 10.3. The van der Waals surface area contributed by atoms with Crippen LogP contribution in [0.3, 0.4) is 0 Å². The highest BCUT2D eigenvalue weighted by atomic mass is 16.5. The molecule has 5 heteroatoms. The number of ether oxygens (including phenoxy) is 1. The van der Waals surface area contributed by atoms with Crippen molar-refractivity contribution in [1.82, 2.24) is 10.3 Å². The van der Waals surface area contributed by atoms with E-state index in [4.69, 9.17) is 9.84 Å². The molecule has 0 atom stereocenters. The van der Waals surface area contributed by atoms with Crippen LogP contribution in [0, 0.1) is 0 Å². The number of carbonyl (C=O) groups is 1. The number of unbranched alkanes of at least 4 members (excludes halogenated alkanes) is 3. The van der Waals surface area contributed by atoms with E-state index in [9.17, 15) is 4.79 Å². The van der Waals surface area contributed by atoms with E-state index in [1.54, 1.807) is 36.5 Å². The van der Waals surface area contributed by atoms with E-state index in [2.05, 4.69) is 10.3 Å². The SMILES string of the molecule is O=C(NCCCCCCO)c1cccc(Oc2ccccn2)c1. The van der Waals surface area contributed by atoms with Crippen molar-refractivity contribution < 1.29 is 14.6 Å². The zero-order valence-corrected chi connectivity index (χ0v) is 13.1. The number of aliphatic hydroxyl groups is 1. The van der Waals surface area contributed by atoms with Crippen LogP contribution in [-0.4, -0.2) is 29.1 Å². The van der Waals surface area contributed by atoms with Crippen LogP contribution in [0.15, 0.2) is 48.7 Å². The summed E-state index contributed by atoms with van der Waals surface area (Å²) >= 11 is 0. The molecule has 0 unspecified atom stereocenters. The van der Waals surface area contributed by atoms with Crippen molar-refractivity contribution in [2.45, 2.75) is 25.7 Å². The Bertz CT molecular complexity index is 602. The second kappa shape index (κ2) is 9.58. The number of benzene rings is 1. The number of pyridine rings is 1. The highest BCUT2D eigenvalue weighted by molar-refractivity contribution is 5.94. The summed E-state index contributed by atoms with van der Waals surface area (Å²) in [6.07, 6.45) is 5.38. The molecule has 1 heterocycles. The first-order chi connectivity index (χ1) is 11.3. The Balaban J connectivity index is 1.83. The predicted molar refractivity (Wildman–Crippen MR) is 88.6 cm³/mol. The predicted octanol–water partition coefficient (Wildman–Crippen LogP) is 3.16. The first kappa shape index (κ1) is 17.0. The van der Waals surface area contributed by atoms with E-state index >= 15 is 0 Å². The minimum absolute atomic E-state index is 0.112. The summed E-state index contributed by atoms with van der Waals surface area (Å²) in [6, 6.07) is 12.5. The Morgan fingerprint density at radius 2 is 1.96 bits per heavy atom. The third-order valence-corrected chi connectivity index (χ3v) is 3.33. The van der Waals surface area contributed by atoms with Gasteiger partial charge in [0.2, 0.25) is 5.88 Å². The average molecular weight is 314 g/mol. The van der Waals surface area contributed by atoms with Crippen molar-refractivity contribution in [3.63, 3.8) is 0 Å². The smallest absolute Gasteiger partial charge is 0.251 e. The van der Waals surface area contributed by atoms with E-state index in [0.29, 0.717) is 23.7 Å². The monoisotopic (exact) mass is 314 g/mol. The molecular weight excluding hydrogens is 292 g/mol. The van der Waals surface area contributed by atoms with Crippen LogP contribution in [0.25, 0.3) is 0 Å². The van der Waals surface area contributed by atoms with E-state index < -0.39 is 0 Å². The molecule has 1 aromatic heterocycles. The minimum Gasteiger partial charge on any atom is -0.439 e. The number of amides is 1. The van der Waals surface area contributed by atoms with Gasteiger partial charge in [0.15, 0.2) is 0 Å². The molecule has 2 N–H and O–H groups in total. The third kappa shape index (κ3) is 6.08. The summed E-state index contributed by atoms with van der Waals surface area (Å²) in [7, 11) is 0. The third-order valence-electron chi connectivity index (χ3n) is 3.33. The van der Waals surface area contributed by atoms with Gasteiger partial charge in [0.25, 0.3) is 5.91 Å². The number of rotatable bonds is 9. The maximum atomic E-state index is 12.1. The van der Waals surface area contributed by atoms with Crippen molar-refractivity contribution in [2.24, 2.45) is 0 Å². The summed E-state index contributed by atoms with van der Waals surface area (Å²) in [4.78, 5) is 16.2. The second-order valence-electron chi connectivity index (χ2n) is 5.19. The number of aromatic nitrogens is 1. The molecular formula is C18H22N2O3. The molecule has 0 saturated heterocycles. The number of hydrogen-bond acceptors (Lipinski definition) is 4. The first-order valence-corrected chi connectivity index (χ1v) is 7.87. The van der Waals surface area contributed by atoms with E-state index in [1.165, 1.54) is 0 Å². The molecule has 5 nitrogen and oxygen atoms in total. The lowest BCUT2D eigenvalue weighted by molar-refractivity contribution is 0.0952. The molecule has 0 fully saturated rings. The molecule has 0 spiro atoms. The van der Waals surface area contributed by atoms with Gasteiger partial charge in [0, 0.05) is 31.0 Å². The summed E-state index contributed by atoms with van der Waals surface area (Å²) in [6.45, 7) is 0.866. The standard InChI is InChI=1S/C18H22N2O3/c21-13-6-2-1-4-12-20-18(22)15-8-7-9-16(14-15)23-17-10-3-5-11-19-17/h3,5,7-11,14,21H,1-2,4,6,12-13H2,(H,20,22). The van der Waals surface area contributed by atoms with Gasteiger partial charge in [-0.25, -0.2) is 4.98 Å². The summed E-state index contributed by atoms with van der Waals surface area (Å²) in [5.41, 5.74) is 0.564. The molecule has 2 aromatic rings. The molecule has 0 saturated carbocycles. The largest absolute Gasteiger partial charge is 0.439 e. The van der Waals surface area contributed by atoms with Gasteiger partial charge in [0.05, 0.1) is 0 Å². The highest BCUT2D eigenvalue weighted by Crippen LogP contribution is 2.19. The summed E-state index contributed by atoms with van der Waals surface area (Å²) in [5.74, 6) is 0.965. The second-order valence-corrected chi connectivity index (χ2v) is 5.19. The molecule has 1 aromatic carbocycles. The van der Waals surface area contributed by atoms with Gasteiger partial charge in [-0.1, -0.05) is 25.0 Å². The first-order valence-electron chi connectivity index (χ1n) is 7.87. The Hall–Kier alpha value is -2.40. The van der Waals surface area contributed by atoms with Crippen LogP contribution in [0.4, 0.5) is 0 Å². The van der Waals surface area contributed by atoms with E-state index in [-0.39, 0.29) is 12.5 Å². The molecule has 0 radical (unpaired) electrons. The lowest BCUT2D eigenvalue weighted by Crippen LogP contribution is -2.24. The van der Waals surface area contributed by atoms with Crippen LogP contribution in [-0.2, 0) is 0 Å². The molecule has 0 aliphatic rings. The summed E-state index contributed by atoms with van der Waals surface area (Å²) in [5, 5.41) is 11.6. The Labute approximate surface area is 136 Å². The molecule has 1 amide bonds. The van der Waals surface area contributed by atoms with Gasteiger partial charge >= 0.3 is 0 Å². The fourth-order valence-corrected chi connectivity index (χ4v) is 2.12. The van der Waals surface area contributed by atoms with E-state index in [1.807, 2.05) is 12.1 Å². The molecule has 0 aliphatic heterocycles. The zero-order valence-electron chi connectivity index (χ0n) is 13.1. The van der Waals surface area contributed by atoms with Crippen LogP contribution in [0.1, 0.15) is 36.0 Å². The topological polar surface area (TPSA) is 71.5 Å². The molecule has 122 valence electrons. The van der Waals surface area contributed by atoms with Crippen molar-refractivity contribution in [3.05, 3.63) is 54.2 Å². The van der Waals surface area contributed by atoms with Crippen LogP contribution >= 0.6 is 0 Å². The maximum absolute atomic E-state index is 12.1. The fourth-order valence-electron chi connectivity index (χ4n) is 2.12. The Kier molecular flexibility index (Phi) is 7.07. The number of hydrogen-bond donors (Lipinski definition) is 2. The van der Waals surface area contributed by atoms with Crippen molar-refractivity contribution >= 4 is 5.91 Å². The van der Waals surface area contributed by atoms with E-state index in [0.717, 1.165) is 25.7 Å². The number of aliphatic hydroxyl groups excluding tert-OH is 1. The fraction of sp³-hybridized carbons (Fsp3) is 0.333. The van der Waals surface area contributed by atoms with Gasteiger partial charge in [-0.3, -0.25) is 4.79 Å². The maximum Gasteiger partial charge on any atom is 0.251 e. The Morgan fingerprint density at radius 3 is 2.74 bits per heavy atom. The molecule has 2 rings (SSSR count). The zero-order chi connectivity index (χ0) is 16.3. The van der Waals surface area contributed by atoms with Crippen LogP contribution in [0.2, 0.25) is 0 Å². The molecule has 0 bridgehead atoms.